The van der Waals surface area contributed by atoms with Gasteiger partial charge in [0.15, 0.2) is 0 Å². The molecule has 0 aliphatic heterocycles. The molecule has 1 aromatic rings. The maximum atomic E-state index is 5.81. The van der Waals surface area contributed by atoms with Crippen LogP contribution in [0.25, 0.3) is 0 Å². The summed E-state index contributed by atoms with van der Waals surface area (Å²) in [5.74, 6) is 0. The van der Waals surface area contributed by atoms with Gasteiger partial charge in [-0.15, -0.1) is 17.9 Å². The first kappa shape index (κ1) is 9.78. The molecule has 0 saturated heterocycles. The Bertz CT molecular complexity index is 257. The lowest BCUT2D eigenvalue weighted by molar-refractivity contribution is 0.619. The van der Waals surface area contributed by atoms with E-state index in [1.165, 1.54) is 5.56 Å². The molecule has 0 radical (unpaired) electrons. The van der Waals surface area contributed by atoms with E-state index in [9.17, 15) is 0 Å². The van der Waals surface area contributed by atoms with Crippen molar-refractivity contribution in [1.82, 2.24) is 5.32 Å². The molecule has 0 bridgehead atoms. The maximum absolute atomic E-state index is 5.81. The predicted molar refractivity (Wildman–Crippen MR) is 55.9 cm³/mol. The van der Waals surface area contributed by atoms with Crippen LogP contribution in [0.15, 0.2) is 24.1 Å². The SMILES string of the molecule is C=CCNC(C)c1csc(Cl)c1. The standard InChI is InChI=1S/C9H12ClNS/c1-3-4-11-7(2)8-5-9(10)12-6-8/h3,5-7,11H,1,4H2,2H3. The third kappa shape index (κ3) is 2.63. The lowest BCUT2D eigenvalue weighted by atomic mass is 10.2. The molecule has 0 aromatic carbocycles. The van der Waals surface area contributed by atoms with Crippen LogP contribution < -0.4 is 5.32 Å². The zero-order chi connectivity index (χ0) is 8.97. The molecule has 1 nitrogen and oxygen atoms in total. The van der Waals surface area contributed by atoms with E-state index in [1.807, 2.05) is 12.1 Å². The van der Waals surface area contributed by atoms with Gasteiger partial charge in [0, 0.05) is 12.6 Å². The van der Waals surface area contributed by atoms with Crippen molar-refractivity contribution in [2.75, 3.05) is 6.54 Å². The first-order chi connectivity index (χ1) is 5.74. The monoisotopic (exact) mass is 201 g/mol. The highest BCUT2D eigenvalue weighted by Crippen LogP contribution is 2.24. The predicted octanol–water partition coefficient (Wildman–Crippen LogP) is 3.24. The Morgan fingerprint density at radius 3 is 3.08 bits per heavy atom. The van der Waals surface area contributed by atoms with Crippen molar-refractivity contribution in [3.63, 3.8) is 0 Å². The van der Waals surface area contributed by atoms with Gasteiger partial charge < -0.3 is 5.32 Å². The lowest BCUT2D eigenvalue weighted by Crippen LogP contribution is -2.17. The number of halogens is 1. The summed E-state index contributed by atoms with van der Waals surface area (Å²) in [5, 5.41) is 5.36. The van der Waals surface area contributed by atoms with Crippen LogP contribution in [-0.2, 0) is 0 Å². The largest absolute Gasteiger partial charge is 0.307 e. The third-order valence-electron chi connectivity index (χ3n) is 1.66. The zero-order valence-electron chi connectivity index (χ0n) is 7.01. The first-order valence-corrected chi connectivity index (χ1v) is 5.08. The molecule has 1 aromatic heterocycles. The number of nitrogens with one attached hydrogen (secondary N) is 1. The highest BCUT2D eigenvalue weighted by molar-refractivity contribution is 7.14. The molecule has 0 aliphatic rings. The minimum absolute atomic E-state index is 0.353. The van der Waals surface area contributed by atoms with Gasteiger partial charge in [-0.05, 0) is 23.9 Å². The van der Waals surface area contributed by atoms with Crippen molar-refractivity contribution in [1.29, 1.82) is 0 Å². The van der Waals surface area contributed by atoms with E-state index in [1.54, 1.807) is 11.3 Å². The molecule has 1 N–H and O–H groups in total. The molecule has 66 valence electrons. The van der Waals surface area contributed by atoms with Crippen molar-refractivity contribution < 1.29 is 0 Å². The second-order valence-electron chi connectivity index (χ2n) is 2.60. The van der Waals surface area contributed by atoms with Crippen LogP contribution in [-0.4, -0.2) is 6.54 Å². The van der Waals surface area contributed by atoms with E-state index in [0.29, 0.717) is 6.04 Å². The molecule has 1 atom stereocenters. The molecule has 1 unspecified atom stereocenters. The molecule has 0 spiro atoms. The Kier molecular flexibility index (Phi) is 3.79. The Balaban J connectivity index is 2.52. The highest BCUT2D eigenvalue weighted by atomic mass is 35.5. The second kappa shape index (κ2) is 4.65. The van der Waals surface area contributed by atoms with Crippen LogP contribution >= 0.6 is 22.9 Å². The van der Waals surface area contributed by atoms with E-state index in [-0.39, 0.29) is 0 Å². The van der Waals surface area contributed by atoms with Crippen LogP contribution in [0.1, 0.15) is 18.5 Å². The van der Waals surface area contributed by atoms with Crippen molar-refractivity contribution in [2.24, 2.45) is 0 Å². The molecular formula is C9H12ClNS. The maximum Gasteiger partial charge on any atom is 0.0931 e. The lowest BCUT2D eigenvalue weighted by Gasteiger charge is -2.09. The van der Waals surface area contributed by atoms with E-state index in [0.717, 1.165) is 10.9 Å². The fourth-order valence-corrected chi connectivity index (χ4v) is 1.91. The van der Waals surface area contributed by atoms with Gasteiger partial charge in [0.05, 0.1) is 4.34 Å². The molecule has 1 heterocycles. The molecule has 0 amide bonds. The number of hydrogen-bond donors (Lipinski definition) is 1. The summed E-state index contributed by atoms with van der Waals surface area (Å²) >= 11 is 7.37. The quantitative estimate of drug-likeness (QED) is 0.738. The average Bonchev–Trinajstić information content (AvgIpc) is 2.47. The molecule has 0 aliphatic carbocycles. The van der Waals surface area contributed by atoms with Gasteiger partial charge in [0.1, 0.15) is 0 Å². The Morgan fingerprint density at radius 2 is 2.58 bits per heavy atom. The minimum atomic E-state index is 0.353. The van der Waals surface area contributed by atoms with Crippen molar-refractivity contribution in [3.8, 4) is 0 Å². The summed E-state index contributed by atoms with van der Waals surface area (Å²) in [7, 11) is 0. The highest BCUT2D eigenvalue weighted by Gasteiger charge is 2.04. The molecule has 12 heavy (non-hydrogen) atoms. The van der Waals surface area contributed by atoms with Crippen LogP contribution in [0.5, 0.6) is 0 Å². The van der Waals surface area contributed by atoms with Crippen molar-refractivity contribution in [3.05, 3.63) is 34.0 Å². The molecule has 0 fully saturated rings. The van der Waals surface area contributed by atoms with E-state index in [4.69, 9.17) is 11.6 Å². The molecule has 1 rings (SSSR count). The molecule has 0 saturated carbocycles. The zero-order valence-corrected chi connectivity index (χ0v) is 8.58. The third-order valence-corrected chi connectivity index (χ3v) is 2.77. The molecule has 3 heteroatoms. The van der Waals surface area contributed by atoms with Gasteiger partial charge in [0.25, 0.3) is 0 Å². The van der Waals surface area contributed by atoms with Gasteiger partial charge in [-0.2, -0.15) is 0 Å². The Labute approximate surface area is 82.1 Å². The summed E-state index contributed by atoms with van der Waals surface area (Å²) in [6.07, 6.45) is 1.85. The topological polar surface area (TPSA) is 12.0 Å². The van der Waals surface area contributed by atoms with Crippen molar-refractivity contribution >= 4 is 22.9 Å². The van der Waals surface area contributed by atoms with Crippen molar-refractivity contribution in [2.45, 2.75) is 13.0 Å². The Morgan fingerprint density at radius 1 is 1.83 bits per heavy atom. The fourth-order valence-electron chi connectivity index (χ4n) is 0.928. The van der Waals surface area contributed by atoms with E-state index in [2.05, 4.69) is 24.2 Å². The van der Waals surface area contributed by atoms with Crippen LogP contribution in [0.2, 0.25) is 4.34 Å². The van der Waals surface area contributed by atoms with Crippen LogP contribution in [0.4, 0.5) is 0 Å². The van der Waals surface area contributed by atoms with E-state index < -0.39 is 0 Å². The van der Waals surface area contributed by atoms with Gasteiger partial charge in [0.2, 0.25) is 0 Å². The summed E-state index contributed by atoms with van der Waals surface area (Å²) in [6, 6.07) is 2.35. The van der Waals surface area contributed by atoms with E-state index >= 15 is 0 Å². The summed E-state index contributed by atoms with van der Waals surface area (Å²) in [4.78, 5) is 0. The number of thiophene rings is 1. The van der Waals surface area contributed by atoms with Gasteiger partial charge in [-0.25, -0.2) is 0 Å². The number of rotatable bonds is 4. The smallest absolute Gasteiger partial charge is 0.0931 e. The Hall–Kier alpha value is -0.310. The van der Waals surface area contributed by atoms with Crippen LogP contribution in [0, 0.1) is 0 Å². The summed E-state index contributed by atoms with van der Waals surface area (Å²) < 4.78 is 0.845. The summed E-state index contributed by atoms with van der Waals surface area (Å²) in [5.41, 5.74) is 1.24. The minimum Gasteiger partial charge on any atom is -0.307 e. The average molecular weight is 202 g/mol. The number of hydrogen-bond acceptors (Lipinski definition) is 2. The normalized spacial score (nSPS) is 12.8. The van der Waals surface area contributed by atoms with Gasteiger partial charge >= 0.3 is 0 Å². The van der Waals surface area contributed by atoms with Gasteiger partial charge in [-0.1, -0.05) is 17.7 Å². The van der Waals surface area contributed by atoms with Gasteiger partial charge in [-0.3, -0.25) is 0 Å². The molecular weight excluding hydrogens is 190 g/mol. The first-order valence-electron chi connectivity index (χ1n) is 3.82. The second-order valence-corrected chi connectivity index (χ2v) is 4.15. The summed E-state index contributed by atoms with van der Waals surface area (Å²) in [6.45, 7) is 6.59. The van der Waals surface area contributed by atoms with Crippen LogP contribution in [0.3, 0.4) is 0 Å². The fraction of sp³-hybridized carbons (Fsp3) is 0.333.